The maximum atomic E-state index is 9.66. The van der Waals surface area contributed by atoms with Crippen LogP contribution in [-0.4, -0.2) is 21.7 Å². The molecule has 2 heteroatoms. The number of aliphatic hydroxyl groups excluding tert-OH is 1. The van der Waals surface area contributed by atoms with E-state index in [-0.39, 0.29) is 10.9 Å². The molecule has 0 radical (unpaired) electrons. The molecule has 0 rings (SSSR count). The van der Waals surface area contributed by atoms with Crippen molar-refractivity contribution in [2.75, 3.05) is 5.75 Å². The summed E-state index contributed by atoms with van der Waals surface area (Å²) in [5.74, 6) is 1.29. The van der Waals surface area contributed by atoms with Gasteiger partial charge in [-0.1, -0.05) is 41.0 Å². The molecule has 0 aliphatic carbocycles. The van der Waals surface area contributed by atoms with Crippen molar-refractivity contribution in [2.45, 2.75) is 51.9 Å². The Kier molecular flexibility index (Phi) is 5.26. The van der Waals surface area contributed by atoms with Crippen molar-refractivity contribution in [1.82, 2.24) is 0 Å². The van der Waals surface area contributed by atoms with Crippen LogP contribution < -0.4 is 0 Å². The van der Waals surface area contributed by atoms with Gasteiger partial charge in [0, 0.05) is 10.5 Å². The van der Waals surface area contributed by atoms with Gasteiger partial charge in [-0.05, 0) is 5.92 Å². The molecule has 2 unspecified atom stereocenters. The SMILES string of the molecule is CCC(C)C(O)CSC(C)(C)C. The summed E-state index contributed by atoms with van der Waals surface area (Å²) in [6, 6.07) is 0. The molecule has 0 fully saturated rings. The molecular formula is C10H22OS. The Bertz CT molecular complexity index is 117. The van der Waals surface area contributed by atoms with Crippen molar-refractivity contribution < 1.29 is 5.11 Å². The van der Waals surface area contributed by atoms with E-state index >= 15 is 0 Å². The molecule has 2 atom stereocenters. The van der Waals surface area contributed by atoms with Crippen LogP contribution in [0.15, 0.2) is 0 Å². The van der Waals surface area contributed by atoms with Gasteiger partial charge in [-0.25, -0.2) is 0 Å². The van der Waals surface area contributed by atoms with Crippen molar-refractivity contribution >= 4 is 11.8 Å². The van der Waals surface area contributed by atoms with E-state index in [1.54, 1.807) is 0 Å². The van der Waals surface area contributed by atoms with E-state index in [4.69, 9.17) is 0 Å². The second kappa shape index (κ2) is 5.13. The van der Waals surface area contributed by atoms with Crippen LogP contribution in [0, 0.1) is 5.92 Å². The van der Waals surface area contributed by atoms with E-state index in [2.05, 4.69) is 34.6 Å². The van der Waals surface area contributed by atoms with Crippen molar-refractivity contribution in [3.05, 3.63) is 0 Å². The van der Waals surface area contributed by atoms with Gasteiger partial charge in [0.25, 0.3) is 0 Å². The zero-order valence-corrected chi connectivity index (χ0v) is 9.74. The molecule has 0 bridgehead atoms. The summed E-state index contributed by atoms with van der Waals surface area (Å²) in [7, 11) is 0. The Morgan fingerprint density at radius 3 is 2.17 bits per heavy atom. The zero-order chi connectivity index (χ0) is 9.78. The van der Waals surface area contributed by atoms with Crippen LogP contribution in [-0.2, 0) is 0 Å². The summed E-state index contributed by atoms with van der Waals surface area (Å²) in [6.45, 7) is 10.8. The van der Waals surface area contributed by atoms with Crippen LogP contribution in [0.2, 0.25) is 0 Å². The zero-order valence-electron chi connectivity index (χ0n) is 8.92. The predicted molar refractivity (Wildman–Crippen MR) is 57.7 cm³/mol. The van der Waals surface area contributed by atoms with Gasteiger partial charge >= 0.3 is 0 Å². The fourth-order valence-electron chi connectivity index (χ4n) is 0.772. The molecule has 0 aromatic rings. The average Bonchev–Trinajstić information content (AvgIpc) is 1.97. The quantitative estimate of drug-likeness (QED) is 0.735. The number of aliphatic hydroxyl groups is 1. The molecule has 0 aliphatic rings. The molecule has 0 aromatic carbocycles. The predicted octanol–water partition coefficient (Wildman–Crippen LogP) is 2.93. The largest absolute Gasteiger partial charge is 0.392 e. The molecule has 0 spiro atoms. The third-order valence-electron chi connectivity index (χ3n) is 1.99. The fraction of sp³-hybridized carbons (Fsp3) is 1.00. The summed E-state index contributed by atoms with van der Waals surface area (Å²) in [5, 5.41) is 9.66. The van der Waals surface area contributed by atoms with Gasteiger partial charge in [-0.2, -0.15) is 11.8 Å². The van der Waals surface area contributed by atoms with Crippen molar-refractivity contribution in [3.8, 4) is 0 Å². The average molecular weight is 190 g/mol. The maximum absolute atomic E-state index is 9.66. The van der Waals surface area contributed by atoms with E-state index in [1.807, 2.05) is 11.8 Å². The smallest absolute Gasteiger partial charge is 0.0656 e. The lowest BCUT2D eigenvalue weighted by Gasteiger charge is -2.22. The maximum Gasteiger partial charge on any atom is 0.0656 e. The van der Waals surface area contributed by atoms with Gasteiger partial charge in [0.05, 0.1) is 6.10 Å². The molecule has 1 nitrogen and oxygen atoms in total. The molecule has 0 heterocycles. The Hall–Kier alpha value is 0.310. The molecule has 12 heavy (non-hydrogen) atoms. The standard InChI is InChI=1S/C10H22OS/c1-6-8(2)9(11)7-12-10(3,4)5/h8-9,11H,6-7H2,1-5H3. The van der Waals surface area contributed by atoms with Gasteiger partial charge in [-0.3, -0.25) is 0 Å². The lowest BCUT2D eigenvalue weighted by molar-refractivity contribution is 0.137. The van der Waals surface area contributed by atoms with Gasteiger partial charge in [0.2, 0.25) is 0 Å². The summed E-state index contributed by atoms with van der Waals surface area (Å²) < 4.78 is 0.272. The molecule has 0 aromatic heterocycles. The Morgan fingerprint density at radius 2 is 1.83 bits per heavy atom. The first-order valence-electron chi connectivity index (χ1n) is 4.69. The second-order valence-electron chi connectivity index (χ2n) is 4.38. The Balaban J connectivity index is 3.64. The first-order chi connectivity index (χ1) is 5.37. The van der Waals surface area contributed by atoms with E-state index in [1.165, 1.54) is 0 Å². The monoisotopic (exact) mass is 190 g/mol. The van der Waals surface area contributed by atoms with Gasteiger partial charge in [0.15, 0.2) is 0 Å². The minimum absolute atomic E-state index is 0.140. The van der Waals surface area contributed by atoms with Crippen LogP contribution in [0.5, 0.6) is 0 Å². The summed E-state index contributed by atoms with van der Waals surface area (Å²) in [4.78, 5) is 0. The molecule has 74 valence electrons. The summed E-state index contributed by atoms with van der Waals surface area (Å²) >= 11 is 1.84. The van der Waals surface area contributed by atoms with Crippen molar-refractivity contribution in [3.63, 3.8) is 0 Å². The number of rotatable bonds is 4. The molecule has 0 aliphatic heterocycles. The van der Waals surface area contributed by atoms with E-state index in [9.17, 15) is 5.11 Å². The minimum atomic E-state index is -0.140. The second-order valence-corrected chi connectivity index (χ2v) is 6.22. The van der Waals surface area contributed by atoms with Gasteiger partial charge in [-0.15, -0.1) is 0 Å². The third kappa shape index (κ3) is 5.90. The van der Waals surface area contributed by atoms with Crippen LogP contribution in [0.4, 0.5) is 0 Å². The highest BCUT2D eigenvalue weighted by molar-refractivity contribution is 8.00. The summed E-state index contributed by atoms with van der Waals surface area (Å²) in [5.41, 5.74) is 0. The van der Waals surface area contributed by atoms with Crippen LogP contribution in [0.25, 0.3) is 0 Å². The van der Waals surface area contributed by atoms with E-state index in [0.29, 0.717) is 5.92 Å². The number of thioether (sulfide) groups is 1. The van der Waals surface area contributed by atoms with Crippen LogP contribution in [0.1, 0.15) is 41.0 Å². The highest BCUT2D eigenvalue weighted by Gasteiger charge is 2.17. The Labute approximate surface area is 80.9 Å². The van der Waals surface area contributed by atoms with Crippen LogP contribution in [0.3, 0.4) is 0 Å². The molecular weight excluding hydrogens is 168 g/mol. The minimum Gasteiger partial charge on any atom is -0.392 e. The first-order valence-corrected chi connectivity index (χ1v) is 5.67. The first kappa shape index (κ1) is 12.3. The van der Waals surface area contributed by atoms with Crippen LogP contribution >= 0.6 is 11.8 Å². The molecule has 0 saturated carbocycles. The fourth-order valence-corrected chi connectivity index (χ4v) is 1.77. The van der Waals surface area contributed by atoms with E-state index in [0.717, 1.165) is 12.2 Å². The molecule has 0 saturated heterocycles. The van der Waals surface area contributed by atoms with Crippen molar-refractivity contribution in [1.29, 1.82) is 0 Å². The highest BCUT2D eigenvalue weighted by atomic mass is 32.2. The highest BCUT2D eigenvalue weighted by Crippen LogP contribution is 2.25. The number of hydrogen-bond donors (Lipinski definition) is 1. The third-order valence-corrected chi connectivity index (χ3v) is 3.36. The molecule has 0 amide bonds. The molecule has 1 N–H and O–H groups in total. The summed E-state index contributed by atoms with van der Waals surface area (Å²) in [6.07, 6.45) is 0.922. The Morgan fingerprint density at radius 1 is 1.33 bits per heavy atom. The van der Waals surface area contributed by atoms with Crippen molar-refractivity contribution in [2.24, 2.45) is 5.92 Å². The van der Waals surface area contributed by atoms with Gasteiger partial charge in [0.1, 0.15) is 0 Å². The lowest BCUT2D eigenvalue weighted by atomic mass is 10.0. The number of hydrogen-bond acceptors (Lipinski definition) is 2. The normalized spacial score (nSPS) is 17.5. The van der Waals surface area contributed by atoms with E-state index < -0.39 is 0 Å². The topological polar surface area (TPSA) is 20.2 Å². The lowest BCUT2D eigenvalue weighted by Crippen LogP contribution is -2.22. The van der Waals surface area contributed by atoms with Gasteiger partial charge < -0.3 is 5.11 Å².